The van der Waals surface area contributed by atoms with E-state index in [-0.39, 0.29) is 21.1 Å². The van der Waals surface area contributed by atoms with Crippen molar-refractivity contribution in [1.29, 1.82) is 0 Å². The molecule has 0 aromatic heterocycles. The molecule has 7 nitrogen and oxygen atoms in total. The van der Waals surface area contributed by atoms with Crippen LogP contribution in [0.3, 0.4) is 0 Å². The topological polar surface area (TPSA) is 124 Å². The maximum atomic E-state index is 13.3. The van der Waals surface area contributed by atoms with E-state index in [9.17, 15) is 28.5 Å². The van der Waals surface area contributed by atoms with Crippen LogP contribution in [0.1, 0.15) is 40.1 Å². The third kappa shape index (κ3) is 6.54. The van der Waals surface area contributed by atoms with Gasteiger partial charge in [0.25, 0.3) is 0 Å². The van der Waals surface area contributed by atoms with Gasteiger partial charge in [0.05, 0.1) is 21.5 Å². The monoisotopic (exact) mass is 579 g/mol. The number of phenolic OH excluding ortho intramolecular Hbond substituents is 1. The van der Waals surface area contributed by atoms with Crippen LogP contribution in [0, 0.1) is 0 Å². The van der Waals surface area contributed by atoms with E-state index in [1.54, 1.807) is 42.5 Å². The molecule has 0 saturated carbocycles. The number of halogens is 1. The molecule has 1 unspecified atom stereocenters. The zero-order chi connectivity index (χ0) is 28.9. The molecule has 4 N–H and O–H groups in total. The first-order valence-electron chi connectivity index (χ1n) is 12.8. The number of aliphatic hydroxyl groups is 1. The normalized spacial score (nSPS) is 12.3. The Hall–Kier alpha value is -3.69. The van der Waals surface area contributed by atoms with E-state index in [1.165, 1.54) is 36.4 Å². The van der Waals surface area contributed by atoms with Gasteiger partial charge in [-0.3, -0.25) is 0 Å². The summed E-state index contributed by atoms with van der Waals surface area (Å²) < 4.78 is 26.5. The standard InChI is InChI=1S/C31H30ClNO6S/c1-2-25-26(7-4-8-28(25)31(36)37)27-14-13-24(18-29(27)34)40(38,39)23-11-9-20(10-12-23)15-16-33-19-30(35)21-5-3-6-22(32)17-21/h3-14,17-18,30,33-35H,2,15-16,19H2,1H3,(H,36,37). The lowest BCUT2D eigenvalue weighted by Crippen LogP contribution is -2.23. The number of aromatic carboxylic acids is 1. The zero-order valence-electron chi connectivity index (χ0n) is 21.8. The zero-order valence-corrected chi connectivity index (χ0v) is 23.4. The van der Waals surface area contributed by atoms with Crippen molar-refractivity contribution >= 4 is 27.4 Å². The minimum atomic E-state index is -3.90. The molecular formula is C31H30ClNO6S. The van der Waals surface area contributed by atoms with E-state index in [2.05, 4.69) is 5.32 Å². The lowest BCUT2D eigenvalue weighted by molar-refractivity contribution is 0.0695. The van der Waals surface area contributed by atoms with Crippen molar-refractivity contribution in [2.45, 2.75) is 35.7 Å². The molecule has 0 radical (unpaired) electrons. The summed E-state index contributed by atoms with van der Waals surface area (Å²) in [5.74, 6) is -1.31. The highest BCUT2D eigenvalue weighted by Gasteiger charge is 2.21. The fourth-order valence-electron chi connectivity index (χ4n) is 4.60. The number of hydrogen-bond acceptors (Lipinski definition) is 6. The van der Waals surface area contributed by atoms with E-state index in [0.717, 1.165) is 11.1 Å². The van der Waals surface area contributed by atoms with Crippen LogP contribution >= 0.6 is 11.6 Å². The number of aromatic hydroxyl groups is 1. The maximum absolute atomic E-state index is 13.3. The van der Waals surface area contributed by atoms with Crippen LogP contribution in [0.4, 0.5) is 0 Å². The van der Waals surface area contributed by atoms with Crippen LogP contribution in [0.5, 0.6) is 5.75 Å². The fourth-order valence-corrected chi connectivity index (χ4v) is 6.08. The molecular weight excluding hydrogens is 550 g/mol. The van der Waals surface area contributed by atoms with E-state index >= 15 is 0 Å². The quantitative estimate of drug-likeness (QED) is 0.169. The number of rotatable bonds is 11. The van der Waals surface area contributed by atoms with Crippen LogP contribution < -0.4 is 5.32 Å². The Kier molecular flexibility index (Phi) is 9.27. The van der Waals surface area contributed by atoms with Crippen molar-refractivity contribution in [2.75, 3.05) is 13.1 Å². The van der Waals surface area contributed by atoms with Gasteiger partial charge in [-0.2, -0.15) is 0 Å². The Morgan fingerprint density at radius 1 is 0.925 bits per heavy atom. The van der Waals surface area contributed by atoms with Crippen LogP contribution in [0.2, 0.25) is 5.02 Å². The first-order chi connectivity index (χ1) is 19.1. The summed E-state index contributed by atoms with van der Waals surface area (Å²) in [6.45, 7) is 2.76. The van der Waals surface area contributed by atoms with Crippen molar-refractivity contribution in [2.24, 2.45) is 0 Å². The number of aliphatic hydroxyl groups excluding tert-OH is 1. The number of carbonyl (C=O) groups is 1. The van der Waals surface area contributed by atoms with Gasteiger partial charge >= 0.3 is 5.97 Å². The lowest BCUT2D eigenvalue weighted by Gasteiger charge is -2.14. The molecule has 4 aromatic rings. The predicted molar refractivity (Wildman–Crippen MR) is 155 cm³/mol. The summed E-state index contributed by atoms with van der Waals surface area (Å²) in [7, 11) is -3.90. The highest BCUT2D eigenvalue weighted by Crippen LogP contribution is 2.36. The van der Waals surface area contributed by atoms with Crippen LogP contribution in [0.25, 0.3) is 11.1 Å². The number of sulfone groups is 1. The molecule has 208 valence electrons. The summed E-state index contributed by atoms with van der Waals surface area (Å²) in [5, 5.41) is 34.3. The highest BCUT2D eigenvalue weighted by molar-refractivity contribution is 7.91. The molecule has 0 bridgehead atoms. The summed E-state index contributed by atoms with van der Waals surface area (Å²) in [5.41, 5.74) is 3.26. The van der Waals surface area contributed by atoms with Crippen molar-refractivity contribution < 1.29 is 28.5 Å². The minimum absolute atomic E-state index is 0.0643. The Morgan fingerprint density at radius 2 is 1.62 bits per heavy atom. The molecule has 0 saturated heterocycles. The second-order valence-electron chi connectivity index (χ2n) is 9.34. The van der Waals surface area contributed by atoms with Gasteiger partial charge in [0, 0.05) is 17.1 Å². The third-order valence-corrected chi connectivity index (χ3v) is 8.73. The van der Waals surface area contributed by atoms with Crippen molar-refractivity contribution in [3.63, 3.8) is 0 Å². The smallest absolute Gasteiger partial charge is 0.335 e. The summed E-state index contributed by atoms with van der Waals surface area (Å²) in [4.78, 5) is 11.6. The number of hydrogen-bond donors (Lipinski definition) is 4. The average Bonchev–Trinajstić information content (AvgIpc) is 2.95. The number of nitrogens with one attached hydrogen (secondary N) is 1. The van der Waals surface area contributed by atoms with Gasteiger partial charge in [0.2, 0.25) is 9.84 Å². The molecule has 9 heteroatoms. The van der Waals surface area contributed by atoms with Gasteiger partial charge in [-0.15, -0.1) is 0 Å². The number of phenols is 1. The molecule has 1 atom stereocenters. The van der Waals surface area contributed by atoms with E-state index in [1.807, 2.05) is 13.0 Å². The lowest BCUT2D eigenvalue weighted by atomic mass is 9.93. The van der Waals surface area contributed by atoms with Crippen molar-refractivity contribution in [3.8, 4) is 16.9 Å². The molecule has 0 amide bonds. The Bertz CT molecular complexity index is 1620. The minimum Gasteiger partial charge on any atom is -0.507 e. The van der Waals surface area contributed by atoms with Gasteiger partial charge < -0.3 is 20.6 Å². The van der Waals surface area contributed by atoms with Gasteiger partial charge in [-0.25, -0.2) is 13.2 Å². The molecule has 0 aliphatic heterocycles. The Labute approximate surface area is 238 Å². The van der Waals surface area contributed by atoms with Gasteiger partial charge in [0.15, 0.2) is 0 Å². The number of carboxylic acid groups (broad SMARTS) is 1. The maximum Gasteiger partial charge on any atom is 0.335 e. The largest absolute Gasteiger partial charge is 0.507 e. The molecule has 0 aliphatic rings. The average molecular weight is 580 g/mol. The van der Waals surface area contributed by atoms with Gasteiger partial charge in [-0.05, 0) is 90.2 Å². The highest BCUT2D eigenvalue weighted by atomic mass is 35.5. The predicted octanol–water partition coefficient (Wildman–Crippen LogP) is 5.67. The summed E-state index contributed by atoms with van der Waals surface area (Å²) >= 11 is 5.98. The van der Waals surface area contributed by atoms with Crippen molar-refractivity contribution in [1.82, 2.24) is 5.32 Å². The molecule has 4 aromatic carbocycles. The SMILES string of the molecule is CCc1c(C(=O)O)cccc1-c1ccc(S(=O)(=O)c2ccc(CCNCC(O)c3cccc(Cl)c3)cc2)cc1O. The molecule has 0 spiro atoms. The molecule has 40 heavy (non-hydrogen) atoms. The Morgan fingerprint density at radius 3 is 2.27 bits per heavy atom. The number of carboxylic acids is 1. The first-order valence-corrected chi connectivity index (χ1v) is 14.6. The Balaban J connectivity index is 1.43. The second-order valence-corrected chi connectivity index (χ2v) is 11.7. The van der Waals surface area contributed by atoms with E-state index < -0.39 is 21.9 Å². The van der Waals surface area contributed by atoms with Crippen molar-refractivity contribution in [3.05, 3.63) is 112 Å². The molecule has 4 rings (SSSR count). The second kappa shape index (κ2) is 12.7. The summed E-state index contributed by atoms with van der Waals surface area (Å²) in [6, 6.07) is 22.5. The van der Waals surface area contributed by atoms with Crippen LogP contribution in [0.15, 0.2) is 94.7 Å². The van der Waals surface area contributed by atoms with E-state index in [0.29, 0.717) is 47.6 Å². The van der Waals surface area contributed by atoms with Crippen LogP contribution in [-0.4, -0.2) is 42.8 Å². The molecule has 0 aliphatic carbocycles. The molecule has 0 heterocycles. The van der Waals surface area contributed by atoms with E-state index in [4.69, 9.17) is 11.6 Å². The van der Waals surface area contributed by atoms with Gasteiger partial charge in [0.1, 0.15) is 5.75 Å². The van der Waals surface area contributed by atoms with Crippen LogP contribution in [-0.2, 0) is 22.7 Å². The van der Waals surface area contributed by atoms with Gasteiger partial charge in [-0.1, -0.05) is 54.9 Å². The third-order valence-electron chi connectivity index (χ3n) is 6.72. The number of benzene rings is 4. The summed E-state index contributed by atoms with van der Waals surface area (Å²) in [6.07, 6.45) is 0.373. The fraction of sp³-hybridized carbons (Fsp3) is 0.194. The first kappa shape index (κ1) is 29.3. The molecule has 0 fully saturated rings.